The van der Waals surface area contributed by atoms with Gasteiger partial charge in [-0.1, -0.05) is 0 Å². The van der Waals surface area contributed by atoms with Gasteiger partial charge in [0.2, 0.25) is 10.0 Å². The third kappa shape index (κ3) is 3.40. The van der Waals surface area contributed by atoms with Gasteiger partial charge in [0.1, 0.15) is 0 Å². The second-order valence-electron chi connectivity index (χ2n) is 5.02. The summed E-state index contributed by atoms with van der Waals surface area (Å²) in [6.07, 6.45) is 2.91. The van der Waals surface area contributed by atoms with Crippen molar-refractivity contribution >= 4 is 10.0 Å². The Hall–Kier alpha value is -0.170. The maximum atomic E-state index is 12.2. The number of hydrogen-bond acceptors (Lipinski definition) is 4. The minimum absolute atomic E-state index is 0.0385. The number of likely N-dealkylation sites (N-methyl/N-ethyl adjacent to an activating group) is 1. The summed E-state index contributed by atoms with van der Waals surface area (Å²) in [7, 11) is -1.44. The highest BCUT2D eigenvalue weighted by molar-refractivity contribution is 7.89. The van der Waals surface area contributed by atoms with E-state index in [0.717, 1.165) is 32.4 Å². The fourth-order valence-electron chi connectivity index (χ4n) is 2.52. The molecule has 2 fully saturated rings. The third-order valence-electron chi connectivity index (χ3n) is 3.70. The number of sulfonamides is 1. The molecule has 0 aromatic heterocycles. The van der Waals surface area contributed by atoms with Crippen LogP contribution in [-0.2, 0) is 14.8 Å². The molecule has 0 amide bonds. The summed E-state index contributed by atoms with van der Waals surface area (Å²) in [5, 5.41) is 3.26. The maximum absolute atomic E-state index is 12.2. The predicted molar refractivity (Wildman–Crippen MR) is 66.4 cm³/mol. The molecule has 0 aromatic carbocycles. The Balaban J connectivity index is 1.92. The lowest BCUT2D eigenvalue weighted by Crippen LogP contribution is -2.42. The molecule has 2 heterocycles. The van der Waals surface area contributed by atoms with Gasteiger partial charge in [-0.15, -0.1) is 0 Å². The molecule has 0 bridgehead atoms. The number of piperidine rings is 1. The van der Waals surface area contributed by atoms with Crippen LogP contribution < -0.4 is 5.32 Å². The van der Waals surface area contributed by atoms with Crippen LogP contribution in [0.2, 0.25) is 0 Å². The maximum Gasteiger partial charge on any atom is 0.214 e. The second-order valence-corrected chi connectivity index (χ2v) is 7.10. The number of nitrogens with zero attached hydrogens (tertiary/aromatic N) is 1. The van der Waals surface area contributed by atoms with Gasteiger partial charge in [0.05, 0.1) is 18.4 Å². The Bertz CT molecular complexity index is 333. The van der Waals surface area contributed by atoms with Gasteiger partial charge in [-0.3, -0.25) is 0 Å². The summed E-state index contributed by atoms with van der Waals surface area (Å²) in [5.41, 5.74) is 0. The molecule has 2 unspecified atom stereocenters. The van der Waals surface area contributed by atoms with Gasteiger partial charge in [-0.05, 0) is 38.3 Å². The van der Waals surface area contributed by atoms with Crippen LogP contribution in [-0.4, -0.2) is 57.9 Å². The number of nitrogens with one attached hydrogen (secondary N) is 1. The predicted octanol–water partition coefficient (Wildman–Crippen LogP) is 0.0365. The molecule has 0 aliphatic carbocycles. The van der Waals surface area contributed by atoms with E-state index < -0.39 is 10.0 Å². The lowest BCUT2D eigenvalue weighted by atomic mass is 10.0. The molecule has 0 saturated carbocycles. The van der Waals surface area contributed by atoms with Crippen molar-refractivity contribution in [2.24, 2.45) is 5.92 Å². The van der Waals surface area contributed by atoms with Crippen LogP contribution in [0.1, 0.15) is 19.3 Å². The molecule has 2 rings (SSSR count). The topological polar surface area (TPSA) is 58.6 Å². The normalized spacial score (nSPS) is 30.9. The highest BCUT2D eigenvalue weighted by Gasteiger charge is 2.31. The first-order chi connectivity index (χ1) is 8.09. The fraction of sp³-hybridized carbons (Fsp3) is 1.00. The fourth-order valence-corrected chi connectivity index (χ4v) is 4.25. The first kappa shape index (κ1) is 13.3. The molecule has 2 atom stereocenters. The molecule has 0 aromatic rings. The molecule has 2 saturated heterocycles. The van der Waals surface area contributed by atoms with Crippen molar-refractivity contribution in [2.75, 3.05) is 39.1 Å². The van der Waals surface area contributed by atoms with E-state index in [1.807, 2.05) is 0 Å². The standard InChI is InChI=1S/C11H22N2O3S/c1-13(11-4-6-16-8-11)17(14,15)9-10-3-2-5-12-7-10/h10-12H,2-9H2,1H3. The molecule has 0 radical (unpaired) electrons. The Morgan fingerprint density at radius 1 is 1.41 bits per heavy atom. The molecule has 17 heavy (non-hydrogen) atoms. The van der Waals surface area contributed by atoms with Crippen LogP contribution >= 0.6 is 0 Å². The van der Waals surface area contributed by atoms with Crippen LogP contribution in [0, 0.1) is 5.92 Å². The zero-order valence-corrected chi connectivity index (χ0v) is 11.2. The third-order valence-corrected chi connectivity index (χ3v) is 5.77. The quantitative estimate of drug-likeness (QED) is 0.777. The molecule has 6 heteroatoms. The van der Waals surface area contributed by atoms with E-state index in [4.69, 9.17) is 4.74 Å². The minimum atomic E-state index is -3.13. The van der Waals surface area contributed by atoms with E-state index in [9.17, 15) is 8.42 Å². The zero-order valence-electron chi connectivity index (χ0n) is 10.4. The largest absolute Gasteiger partial charge is 0.380 e. The van der Waals surface area contributed by atoms with Gasteiger partial charge in [0, 0.05) is 13.7 Å². The highest BCUT2D eigenvalue weighted by Crippen LogP contribution is 2.19. The van der Waals surface area contributed by atoms with E-state index >= 15 is 0 Å². The van der Waals surface area contributed by atoms with Crippen molar-refractivity contribution in [3.05, 3.63) is 0 Å². The Morgan fingerprint density at radius 2 is 2.24 bits per heavy atom. The smallest absolute Gasteiger partial charge is 0.214 e. The molecule has 2 aliphatic rings. The van der Waals surface area contributed by atoms with Crippen molar-refractivity contribution in [3.8, 4) is 0 Å². The summed E-state index contributed by atoms with van der Waals surface area (Å²) in [4.78, 5) is 0. The van der Waals surface area contributed by atoms with Crippen LogP contribution in [0.3, 0.4) is 0 Å². The van der Waals surface area contributed by atoms with Crippen molar-refractivity contribution in [3.63, 3.8) is 0 Å². The van der Waals surface area contributed by atoms with Crippen molar-refractivity contribution in [1.29, 1.82) is 0 Å². The SMILES string of the molecule is CN(C1CCOC1)S(=O)(=O)CC1CCCNC1. The summed E-state index contributed by atoms with van der Waals surface area (Å²) in [5.74, 6) is 0.533. The number of rotatable bonds is 4. The van der Waals surface area contributed by atoms with E-state index in [0.29, 0.717) is 13.2 Å². The first-order valence-corrected chi connectivity index (χ1v) is 7.94. The molecule has 1 N–H and O–H groups in total. The Labute approximate surface area is 104 Å². The average molecular weight is 262 g/mol. The summed E-state index contributed by atoms with van der Waals surface area (Å²) >= 11 is 0. The summed E-state index contributed by atoms with van der Waals surface area (Å²) < 4.78 is 31.2. The van der Waals surface area contributed by atoms with Gasteiger partial charge >= 0.3 is 0 Å². The van der Waals surface area contributed by atoms with Crippen LogP contribution in [0.15, 0.2) is 0 Å². The monoisotopic (exact) mass is 262 g/mol. The van der Waals surface area contributed by atoms with Crippen LogP contribution in [0.5, 0.6) is 0 Å². The van der Waals surface area contributed by atoms with Crippen LogP contribution in [0.25, 0.3) is 0 Å². The van der Waals surface area contributed by atoms with Gasteiger partial charge < -0.3 is 10.1 Å². The first-order valence-electron chi connectivity index (χ1n) is 6.34. The number of ether oxygens (including phenoxy) is 1. The van der Waals surface area contributed by atoms with Crippen molar-refractivity contribution in [1.82, 2.24) is 9.62 Å². The minimum Gasteiger partial charge on any atom is -0.380 e. The van der Waals surface area contributed by atoms with Crippen molar-refractivity contribution < 1.29 is 13.2 Å². The lowest BCUT2D eigenvalue weighted by Gasteiger charge is -2.27. The average Bonchev–Trinajstić information content (AvgIpc) is 2.82. The second kappa shape index (κ2) is 5.65. The molecule has 0 spiro atoms. The van der Waals surface area contributed by atoms with E-state index in [1.165, 1.54) is 4.31 Å². The van der Waals surface area contributed by atoms with Crippen LogP contribution in [0.4, 0.5) is 0 Å². The molecule has 5 nitrogen and oxygen atoms in total. The van der Waals surface area contributed by atoms with Gasteiger partial charge in [-0.2, -0.15) is 4.31 Å². The zero-order chi connectivity index (χ0) is 12.3. The van der Waals surface area contributed by atoms with Gasteiger partial charge in [0.25, 0.3) is 0 Å². The summed E-state index contributed by atoms with van der Waals surface area (Å²) in [6.45, 7) is 3.06. The Morgan fingerprint density at radius 3 is 2.82 bits per heavy atom. The lowest BCUT2D eigenvalue weighted by molar-refractivity contribution is 0.180. The van der Waals surface area contributed by atoms with E-state index in [1.54, 1.807) is 7.05 Å². The van der Waals surface area contributed by atoms with Crippen molar-refractivity contribution in [2.45, 2.75) is 25.3 Å². The summed E-state index contributed by atoms with van der Waals surface area (Å²) in [6, 6.07) is 0.0385. The number of hydrogen-bond donors (Lipinski definition) is 1. The van der Waals surface area contributed by atoms with E-state index in [-0.39, 0.29) is 17.7 Å². The molecular formula is C11H22N2O3S. The molecule has 2 aliphatic heterocycles. The van der Waals surface area contributed by atoms with Gasteiger partial charge in [-0.25, -0.2) is 8.42 Å². The molecular weight excluding hydrogens is 240 g/mol. The molecule has 100 valence electrons. The highest BCUT2D eigenvalue weighted by atomic mass is 32.2. The Kier molecular flexibility index (Phi) is 4.41. The van der Waals surface area contributed by atoms with Gasteiger partial charge in [0.15, 0.2) is 0 Å². The van der Waals surface area contributed by atoms with E-state index in [2.05, 4.69) is 5.32 Å².